The standard InChI is InChI=1S/C9H16N2O3S/c1-15(13,14)6-9(12)11-3-2-7-4-10-5-8(7)11/h7-8,10H,2-6H2,1H3/t7-,8+/m0/s1. The van der Waals surface area contributed by atoms with Gasteiger partial charge in [-0.3, -0.25) is 4.79 Å². The summed E-state index contributed by atoms with van der Waals surface area (Å²) in [4.78, 5) is 13.5. The zero-order valence-corrected chi connectivity index (χ0v) is 9.59. The highest BCUT2D eigenvalue weighted by molar-refractivity contribution is 7.91. The number of amides is 1. The summed E-state index contributed by atoms with van der Waals surface area (Å²) in [5.41, 5.74) is 0. The van der Waals surface area contributed by atoms with E-state index in [0.29, 0.717) is 12.5 Å². The molecule has 0 saturated carbocycles. The van der Waals surface area contributed by atoms with Crippen LogP contribution >= 0.6 is 0 Å². The largest absolute Gasteiger partial charge is 0.337 e. The van der Waals surface area contributed by atoms with Gasteiger partial charge in [0.15, 0.2) is 9.84 Å². The molecule has 0 aliphatic carbocycles. The number of carbonyl (C=O) groups excluding carboxylic acids is 1. The first-order valence-corrected chi connectivity index (χ1v) is 7.21. The third-order valence-electron chi connectivity index (χ3n) is 3.15. The summed E-state index contributed by atoms with van der Waals surface area (Å²) in [6, 6.07) is 0.222. The fraction of sp³-hybridized carbons (Fsp3) is 0.889. The quantitative estimate of drug-likeness (QED) is 0.653. The Kier molecular flexibility index (Phi) is 2.72. The molecule has 2 saturated heterocycles. The fourth-order valence-electron chi connectivity index (χ4n) is 2.47. The second-order valence-corrected chi connectivity index (χ2v) is 6.57. The van der Waals surface area contributed by atoms with Crippen molar-refractivity contribution in [3.63, 3.8) is 0 Å². The first-order chi connectivity index (χ1) is 6.97. The molecule has 6 heteroatoms. The maximum absolute atomic E-state index is 11.7. The first-order valence-electron chi connectivity index (χ1n) is 5.15. The van der Waals surface area contributed by atoms with Gasteiger partial charge < -0.3 is 10.2 Å². The third-order valence-corrected chi connectivity index (χ3v) is 3.92. The molecule has 2 aliphatic rings. The second-order valence-electron chi connectivity index (χ2n) is 4.43. The fourth-order valence-corrected chi connectivity index (χ4v) is 3.08. The topological polar surface area (TPSA) is 66.5 Å². The van der Waals surface area contributed by atoms with Crippen LogP contribution in [0.3, 0.4) is 0 Å². The van der Waals surface area contributed by atoms with Gasteiger partial charge in [0.2, 0.25) is 5.91 Å². The molecular weight excluding hydrogens is 216 g/mol. The highest BCUT2D eigenvalue weighted by Gasteiger charge is 2.40. The van der Waals surface area contributed by atoms with E-state index in [9.17, 15) is 13.2 Å². The zero-order valence-electron chi connectivity index (χ0n) is 8.77. The van der Waals surface area contributed by atoms with E-state index in [4.69, 9.17) is 0 Å². The van der Waals surface area contributed by atoms with E-state index in [0.717, 1.165) is 25.8 Å². The monoisotopic (exact) mass is 232 g/mol. The average Bonchev–Trinajstić information content (AvgIpc) is 2.57. The summed E-state index contributed by atoms with van der Waals surface area (Å²) < 4.78 is 22.1. The van der Waals surface area contributed by atoms with Crippen LogP contribution in [0.15, 0.2) is 0 Å². The molecule has 2 aliphatic heterocycles. The van der Waals surface area contributed by atoms with Crippen molar-refractivity contribution >= 4 is 15.7 Å². The molecule has 2 fully saturated rings. The van der Waals surface area contributed by atoms with Crippen molar-refractivity contribution in [1.29, 1.82) is 0 Å². The Morgan fingerprint density at radius 3 is 2.87 bits per heavy atom. The van der Waals surface area contributed by atoms with Crippen LogP contribution in [0.5, 0.6) is 0 Å². The van der Waals surface area contributed by atoms with Crippen LogP contribution in [0.25, 0.3) is 0 Å². The van der Waals surface area contributed by atoms with Crippen molar-refractivity contribution in [2.45, 2.75) is 12.5 Å². The molecule has 5 nitrogen and oxygen atoms in total. The van der Waals surface area contributed by atoms with Gasteiger partial charge in [0, 0.05) is 31.9 Å². The lowest BCUT2D eigenvalue weighted by Crippen LogP contribution is -2.41. The second kappa shape index (κ2) is 3.75. The van der Waals surface area contributed by atoms with Gasteiger partial charge in [0.1, 0.15) is 5.75 Å². The summed E-state index contributed by atoms with van der Waals surface area (Å²) in [7, 11) is -3.20. The molecule has 0 bridgehead atoms. The molecule has 2 rings (SSSR count). The number of fused-ring (bicyclic) bond motifs is 1. The molecule has 0 aromatic rings. The van der Waals surface area contributed by atoms with Crippen molar-refractivity contribution < 1.29 is 13.2 Å². The number of nitrogens with one attached hydrogen (secondary N) is 1. The third kappa shape index (κ3) is 2.31. The number of hydrogen-bond acceptors (Lipinski definition) is 4. The van der Waals surface area contributed by atoms with E-state index in [2.05, 4.69) is 5.32 Å². The Balaban J connectivity index is 2.02. The van der Waals surface area contributed by atoms with Crippen LogP contribution in [0.1, 0.15) is 6.42 Å². The highest BCUT2D eigenvalue weighted by Crippen LogP contribution is 2.27. The van der Waals surface area contributed by atoms with Crippen molar-refractivity contribution in [3.8, 4) is 0 Å². The van der Waals surface area contributed by atoms with Crippen molar-refractivity contribution in [2.24, 2.45) is 5.92 Å². The summed E-state index contributed by atoms with van der Waals surface area (Å²) in [6.45, 7) is 2.47. The minimum Gasteiger partial charge on any atom is -0.337 e. The van der Waals surface area contributed by atoms with Crippen molar-refractivity contribution in [2.75, 3.05) is 31.6 Å². The Morgan fingerprint density at radius 1 is 1.47 bits per heavy atom. The lowest BCUT2D eigenvalue weighted by molar-refractivity contribution is -0.129. The molecule has 1 N–H and O–H groups in total. The number of sulfone groups is 1. The van der Waals surface area contributed by atoms with E-state index in [1.54, 1.807) is 4.90 Å². The Morgan fingerprint density at radius 2 is 2.20 bits per heavy atom. The number of nitrogens with zero attached hydrogens (tertiary/aromatic N) is 1. The van der Waals surface area contributed by atoms with E-state index < -0.39 is 9.84 Å². The summed E-state index contributed by atoms with van der Waals surface area (Å²) in [5, 5.41) is 3.23. The van der Waals surface area contributed by atoms with Crippen molar-refractivity contribution in [3.05, 3.63) is 0 Å². The van der Waals surface area contributed by atoms with Gasteiger partial charge in [-0.2, -0.15) is 0 Å². The molecule has 15 heavy (non-hydrogen) atoms. The molecule has 86 valence electrons. The van der Waals surface area contributed by atoms with Gasteiger partial charge in [0.25, 0.3) is 0 Å². The van der Waals surface area contributed by atoms with Crippen LogP contribution in [-0.4, -0.2) is 56.9 Å². The number of hydrogen-bond donors (Lipinski definition) is 1. The zero-order chi connectivity index (χ0) is 11.1. The van der Waals surface area contributed by atoms with Gasteiger partial charge in [-0.1, -0.05) is 0 Å². The molecule has 0 unspecified atom stereocenters. The van der Waals surface area contributed by atoms with E-state index >= 15 is 0 Å². The minimum atomic E-state index is -3.20. The van der Waals surface area contributed by atoms with Gasteiger partial charge >= 0.3 is 0 Å². The normalized spacial score (nSPS) is 30.6. The molecule has 1 amide bonds. The lowest BCUT2D eigenvalue weighted by atomic mass is 10.1. The van der Waals surface area contributed by atoms with Crippen LogP contribution in [0.4, 0.5) is 0 Å². The predicted molar refractivity (Wildman–Crippen MR) is 56.2 cm³/mol. The summed E-state index contributed by atoms with van der Waals surface area (Å²) in [5.74, 6) is -0.0711. The van der Waals surface area contributed by atoms with Gasteiger partial charge in [-0.05, 0) is 12.3 Å². The number of carbonyl (C=O) groups is 1. The maximum Gasteiger partial charge on any atom is 0.238 e. The van der Waals surface area contributed by atoms with Crippen LogP contribution in [0, 0.1) is 5.92 Å². The SMILES string of the molecule is CS(=O)(=O)CC(=O)N1CC[C@H]2CNC[C@H]21. The number of rotatable bonds is 2. The molecule has 0 aromatic carbocycles. The molecule has 2 atom stereocenters. The van der Waals surface area contributed by atoms with E-state index in [1.807, 2.05) is 0 Å². The van der Waals surface area contributed by atoms with Crippen LogP contribution < -0.4 is 5.32 Å². The summed E-state index contributed by atoms with van der Waals surface area (Å²) in [6.07, 6.45) is 2.10. The number of likely N-dealkylation sites (tertiary alicyclic amines) is 1. The molecule has 2 heterocycles. The lowest BCUT2D eigenvalue weighted by Gasteiger charge is -2.22. The first kappa shape index (κ1) is 10.9. The van der Waals surface area contributed by atoms with Crippen LogP contribution in [-0.2, 0) is 14.6 Å². The highest BCUT2D eigenvalue weighted by atomic mass is 32.2. The average molecular weight is 232 g/mol. The smallest absolute Gasteiger partial charge is 0.238 e. The molecule has 0 radical (unpaired) electrons. The maximum atomic E-state index is 11.7. The van der Waals surface area contributed by atoms with Crippen molar-refractivity contribution in [1.82, 2.24) is 10.2 Å². The van der Waals surface area contributed by atoms with E-state index in [1.165, 1.54) is 0 Å². The summed E-state index contributed by atoms with van der Waals surface area (Å²) >= 11 is 0. The Bertz CT molecular complexity index is 366. The molecule has 0 aromatic heterocycles. The minimum absolute atomic E-state index is 0.222. The Labute approximate surface area is 89.7 Å². The van der Waals surface area contributed by atoms with Gasteiger partial charge in [0.05, 0.1) is 0 Å². The predicted octanol–water partition coefficient (Wildman–Crippen LogP) is -1.15. The van der Waals surface area contributed by atoms with Crippen LogP contribution in [0.2, 0.25) is 0 Å². The van der Waals surface area contributed by atoms with Gasteiger partial charge in [-0.15, -0.1) is 0 Å². The van der Waals surface area contributed by atoms with Gasteiger partial charge in [-0.25, -0.2) is 8.42 Å². The molecule has 0 spiro atoms. The molecular formula is C9H16N2O3S. The Hall–Kier alpha value is -0.620. The van der Waals surface area contributed by atoms with E-state index in [-0.39, 0.29) is 17.7 Å².